The number of amides is 1. The molecule has 0 aliphatic carbocycles. The second-order valence-corrected chi connectivity index (χ2v) is 4.89. The first-order chi connectivity index (χ1) is 9.11. The SMILES string of the molecule is CCOC(=O)CSCCC(=O)Nc1cccc(N)c1. The van der Waals surface area contributed by atoms with E-state index in [0.717, 1.165) is 0 Å². The summed E-state index contributed by atoms with van der Waals surface area (Å²) in [5.74, 6) is 0.512. The maximum Gasteiger partial charge on any atom is 0.315 e. The molecule has 0 heterocycles. The summed E-state index contributed by atoms with van der Waals surface area (Å²) in [5, 5.41) is 2.75. The van der Waals surface area contributed by atoms with E-state index < -0.39 is 0 Å². The topological polar surface area (TPSA) is 81.4 Å². The molecule has 0 atom stereocenters. The second-order valence-electron chi connectivity index (χ2n) is 3.78. The summed E-state index contributed by atoms with van der Waals surface area (Å²) in [6, 6.07) is 7.01. The van der Waals surface area contributed by atoms with Crippen LogP contribution in [-0.2, 0) is 14.3 Å². The smallest absolute Gasteiger partial charge is 0.315 e. The van der Waals surface area contributed by atoms with E-state index in [1.165, 1.54) is 11.8 Å². The Morgan fingerprint density at radius 3 is 2.89 bits per heavy atom. The molecule has 0 bridgehead atoms. The Labute approximate surface area is 116 Å². The number of anilines is 2. The van der Waals surface area contributed by atoms with E-state index in [-0.39, 0.29) is 17.6 Å². The van der Waals surface area contributed by atoms with Gasteiger partial charge in [0.2, 0.25) is 5.91 Å². The molecule has 3 N–H and O–H groups in total. The molecule has 0 saturated heterocycles. The number of hydrogen-bond acceptors (Lipinski definition) is 5. The Morgan fingerprint density at radius 1 is 1.42 bits per heavy atom. The summed E-state index contributed by atoms with van der Waals surface area (Å²) in [6.07, 6.45) is 0.346. The summed E-state index contributed by atoms with van der Waals surface area (Å²) in [7, 11) is 0. The predicted molar refractivity (Wildman–Crippen MR) is 78.1 cm³/mol. The Kier molecular flexibility index (Phi) is 6.81. The van der Waals surface area contributed by atoms with Crippen molar-refractivity contribution >= 4 is 35.0 Å². The molecule has 1 aromatic rings. The monoisotopic (exact) mass is 282 g/mol. The fraction of sp³-hybridized carbons (Fsp3) is 0.385. The predicted octanol–water partition coefficient (Wildman–Crippen LogP) is 1.89. The number of nitrogens with two attached hydrogens (primary N) is 1. The Hall–Kier alpha value is -1.69. The number of rotatable bonds is 7. The van der Waals surface area contributed by atoms with Crippen LogP contribution in [0.2, 0.25) is 0 Å². The van der Waals surface area contributed by atoms with Gasteiger partial charge in [-0.05, 0) is 25.1 Å². The van der Waals surface area contributed by atoms with Crippen LogP contribution < -0.4 is 11.1 Å². The normalized spacial score (nSPS) is 9.95. The molecule has 0 radical (unpaired) electrons. The number of carbonyl (C=O) groups excluding carboxylic acids is 2. The fourth-order valence-corrected chi connectivity index (χ4v) is 2.09. The third-order valence-electron chi connectivity index (χ3n) is 2.17. The number of ether oxygens (including phenoxy) is 1. The summed E-state index contributed by atoms with van der Waals surface area (Å²) in [6.45, 7) is 2.15. The molecule has 6 heteroatoms. The number of carbonyl (C=O) groups is 2. The second kappa shape index (κ2) is 8.42. The first-order valence-electron chi connectivity index (χ1n) is 6.00. The molecule has 0 aliphatic rings. The number of thioether (sulfide) groups is 1. The molecular formula is C13H18N2O3S. The largest absolute Gasteiger partial charge is 0.465 e. The van der Waals surface area contributed by atoms with Gasteiger partial charge in [-0.1, -0.05) is 6.07 Å². The van der Waals surface area contributed by atoms with E-state index in [1.54, 1.807) is 31.2 Å². The van der Waals surface area contributed by atoms with Crippen LogP contribution >= 0.6 is 11.8 Å². The molecule has 0 unspecified atom stereocenters. The van der Waals surface area contributed by atoms with Crippen molar-refractivity contribution in [3.63, 3.8) is 0 Å². The van der Waals surface area contributed by atoms with Crippen LogP contribution in [0.3, 0.4) is 0 Å². The number of nitrogen functional groups attached to an aromatic ring is 1. The summed E-state index contributed by atoms with van der Waals surface area (Å²) >= 11 is 1.38. The van der Waals surface area contributed by atoms with Crippen molar-refractivity contribution in [1.82, 2.24) is 0 Å². The van der Waals surface area contributed by atoms with E-state index in [2.05, 4.69) is 5.32 Å². The zero-order valence-electron chi connectivity index (χ0n) is 10.8. The van der Waals surface area contributed by atoms with Crippen molar-refractivity contribution in [2.75, 3.05) is 29.2 Å². The molecule has 1 amide bonds. The van der Waals surface area contributed by atoms with Gasteiger partial charge in [0.15, 0.2) is 0 Å². The third-order valence-corrected chi connectivity index (χ3v) is 3.10. The van der Waals surface area contributed by atoms with Gasteiger partial charge in [0.05, 0.1) is 12.4 Å². The molecular weight excluding hydrogens is 264 g/mol. The maximum atomic E-state index is 11.6. The van der Waals surface area contributed by atoms with Crippen LogP contribution in [0.25, 0.3) is 0 Å². The lowest BCUT2D eigenvalue weighted by atomic mass is 10.3. The molecule has 0 aliphatic heterocycles. The minimum absolute atomic E-state index is 0.0954. The lowest BCUT2D eigenvalue weighted by Crippen LogP contribution is -2.13. The first kappa shape index (κ1) is 15.4. The van der Waals surface area contributed by atoms with Crippen LogP contribution in [0.5, 0.6) is 0 Å². The summed E-state index contributed by atoms with van der Waals surface area (Å²) in [4.78, 5) is 22.7. The quantitative estimate of drug-likeness (QED) is 0.453. The lowest BCUT2D eigenvalue weighted by molar-refractivity contribution is -0.139. The van der Waals surface area contributed by atoms with Crippen molar-refractivity contribution in [2.45, 2.75) is 13.3 Å². The molecule has 0 saturated carbocycles. The van der Waals surface area contributed by atoms with E-state index in [1.807, 2.05) is 0 Å². The Bertz CT molecular complexity index is 438. The Morgan fingerprint density at radius 2 is 2.21 bits per heavy atom. The van der Waals surface area contributed by atoms with Crippen molar-refractivity contribution in [3.05, 3.63) is 24.3 Å². The molecule has 104 valence electrons. The molecule has 1 aromatic carbocycles. The standard InChI is InChI=1S/C13H18N2O3S/c1-2-18-13(17)9-19-7-6-12(16)15-11-5-3-4-10(14)8-11/h3-5,8H,2,6-7,9,14H2,1H3,(H,15,16). The van der Waals surface area contributed by atoms with Gasteiger partial charge in [0.1, 0.15) is 0 Å². The van der Waals surface area contributed by atoms with E-state index in [9.17, 15) is 9.59 Å². The summed E-state index contributed by atoms with van der Waals surface area (Å²) in [5.41, 5.74) is 6.90. The fourth-order valence-electron chi connectivity index (χ4n) is 1.36. The maximum absolute atomic E-state index is 11.6. The molecule has 1 rings (SSSR count). The number of hydrogen-bond donors (Lipinski definition) is 2. The lowest BCUT2D eigenvalue weighted by Gasteiger charge is -2.05. The van der Waals surface area contributed by atoms with Crippen molar-refractivity contribution < 1.29 is 14.3 Å². The number of nitrogens with one attached hydrogen (secondary N) is 1. The molecule has 0 aromatic heterocycles. The van der Waals surface area contributed by atoms with E-state index in [4.69, 9.17) is 10.5 Å². The van der Waals surface area contributed by atoms with Crippen LogP contribution in [0, 0.1) is 0 Å². The van der Waals surface area contributed by atoms with Crippen molar-refractivity contribution in [3.8, 4) is 0 Å². The van der Waals surface area contributed by atoms with Gasteiger partial charge in [-0.2, -0.15) is 0 Å². The van der Waals surface area contributed by atoms with Gasteiger partial charge < -0.3 is 15.8 Å². The first-order valence-corrected chi connectivity index (χ1v) is 7.16. The molecule has 19 heavy (non-hydrogen) atoms. The van der Waals surface area contributed by atoms with Gasteiger partial charge in [-0.25, -0.2) is 0 Å². The van der Waals surface area contributed by atoms with Gasteiger partial charge in [-0.15, -0.1) is 11.8 Å². The Balaban J connectivity index is 2.20. The molecule has 0 fully saturated rings. The average molecular weight is 282 g/mol. The van der Waals surface area contributed by atoms with Gasteiger partial charge in [0.25, 0.3) is 0 Å². The van der Waals surface area contributed by atoms with Gasteiger partial charge in [0, 0.05) is 23.5 Å². The minimum atomic E-state index is -0.247. The molecule has 5 nitrogen and oxygen atoms in total. The van der Waals surface area contributed by atoms with Gasteiger partial charge in [-0.3, -0.25) is 9.59 Å². The summed E-state index contributed by atoms with van der Waals surface area (Å²) < 4.78 is 4.78. The van der Waals surface area contributed by atoms with Crippen molar-refractivity contribution in [1.29, 1.82) is 0 Å². The highest BCUT2D eigenvalue weighted by Gasteiger charge is 2.05. The molecule has 0 spiro atoms. The minimum Gasteiger partial charge on any atom is -0.465 e. The van der Waals surface area contributed by atoms with Gasteiger partial charge >= 0.3 is 5.97 Å². The zero-order valence-corrected chi connectivity index (χ0v) is 11.7. The van der Waals surface area contributed by atoms with Crippen molar-refractivity contribution in [2.24, 2.45) is 0 Å². The number of benzene rings is 1. The zero-order chi connectivity index (χ0) is 14.1. The highest BCUT2D eigenvalue weighted by atomic mass is 32.2. The van der Waals surface area contributed by atoms with E-state index >= 15 is 0 Å². The van der Waals surface area contributed by atoms with Crippen LogP contribution in [0.1, 0.15) is 13.3 Å². The number of esters is 1. The van der Waals surface area contributed by atoms with Crippen LogP contribution in [-0.4, -0.2) is 30.0 Å². The third kappa shape index (κ3) is 6.71. The van der Waals surface area contributed by atoms with Crippen LogP contribution in [0.15, 0.2) is 24.3 Å². The average Bonchev–Trinajstić information content (AvgIpc) is 2.35. The van der Waals surface area contributed by atoms with Crippen LogP contribution in [0.4, 0.5) is 11.4 Å². The highest BCUT2D eigenvalue weighted by molar-refractivity contribution is 7.99. The highest BCUT2D eigenvalue weighted by Crippen LogP contribution is 2.12. The van der Waals surface area contributed by atoms with E-state index in [0.29, 0.717) is 30.2 Å².